The summed E-state index contributed by atoms with van der Waals surface area (Å²) in [6, 6.07) is 6.10. The van der Waals surface area contributed by atoms with Gasteiger partial charge in [-0.2, -0.15) is 0 Å². The maximum Gasteiger partial charge on any atom is 0.677 e. The number of hydrogen-bond acceptors (Lipinski definition) is 5. The molecule has 2 amide bonds. The smallest absolute Gasteiger partial charge is 0.328 e. The Morgan fingerprint density at radius 2 is 1.57 bits per heavy atom. The highest BCUT2D eigenvalue weighted by Crippen LogP contribution is 2.39. The van der Waals surface area contributed by atoms with Gasteiger partial charge in [-0.15, -0.1) is 0 Å². The Bertz CT molecular complexity index is 1390. The summed E-state index contributed by atoms with van der Waals surface area (Å²) in [5.41, 5.74) is 4.78. The average molecular weight is 589 g/mol. The van der Waals surface area contributed by atoms with Gasteiger partial charge in [0.25, 0.3) is 11.8 Å². The summed E-state index contributed by atoms with van der Waals surface area (Å²) in [7, 11) is -2.77. The summed E-state index contributed by atoms with van der Waals surface area (Å²) in [5.74, 6) is -2.41. The molecule has 0 N–H and O–H groups in total. The number of amides is 2. The van der Waals surface area contributed by atoms with Crippen LogP contribution in [0.2, 0.25) is 0 Å². The van der Waals surface area contributed by atoms with Crippen LogP contribution in [0.5, 0.6) is 0 Å². The molecule has 2 aromatic rings. The second-order valence-corrected chi connectivity index (χ2v) is 9.16. The van der Waals surface area contributed by atoms with Gasteiger partial charge in [0.15, 0.2) is 0 Å². The van der Waals surface area contributed by atoms with Crippen LogP contribution in [0.4, 0.5) is 8.63 Å². The predicted molar refractivity (Wildman–Crippen MR) is 136 cm³/mol. The zero-order valence-electron chi connectivity index (χ0n) is 19.2. The summed E-state index contributed by atoms with van der Waals surface area (Å²) in [5, 5.41) is 0.372. The summed E-state index contributed by atoms with van der Waals surface area (Å²) in [4.78, 5) is 45.3. The van der Waals surface area contributed by atoms with Crippen molar-refractivity contribution in [1.29, 1.82) is 0 Å². The maximum atomic E-state index is 14.2. The molecule has 7 nitrogen and oxygen atoms in total. The number of carbonyl (C=O) groups excluding carboxylic acids is 3. The van der Waals surface area contributed by atoms with Gasteiger partial charge in [-0.05, 0) is 85.2 Å². The van der Waals surface area contributed by atoms with E-state index in [1.54, 1.807) is 26.0 Å². The summed E-state index contributed by atoms with van der Waals surface area (Å²) < 4.78 is 30.1. The fourth-order valence-corrected chi connectivity index (χ4v) is 4.60. The molecule has 0 unspecified atom stereocenters. The summed E-state index contributed by atoms with van der Waals surface area (Å²) >= 11 is 2.06. The first-order chi connectivity index (χ1) is 16.5. The molecule has 1 aromatic carbocycles. The Labute approximate surface area is 214 Å². The molecule has 0 saturated carbocycles. The molecule has 2 aliphatic rings. The molecular weight excluding hydrogens is 570 g/mol. The van der Waals surface area contributed by atoms with E-state index in [-0.39, 0.29) is 5.56 Å². The molecule has 0 fully saturated rings. The van der Waals surface area contributed by atoms with Crippen LogP contribution in [0, 0.1) is 17.4 Å². The van der Waals surface area contributed by atoms with E-state index in [2.05, 4.69) is 27.6 Å². The molecule has 3 heterocycles. The third-order valence-corrected chi connectivity index (χ3v) is 7.30. The Balaban J connectivity index is 1.81. The van der Waals surface area contributed by atoms with Crippen molar-refractivity contribution in [2.75, 3.05) is 0 Å². The van der Waals surface area contributed by atoms with Crippen molar-refractivity contribution in [3.8, 4) is 0 Å². The minimum Gasteiger partial charge on any atom is -0.328 e. The molecule has 11 heteroatoms. The highest BCUT2D eigenvalue weighted by molar-refractivity contribution is 14.1. The lowest BCUT2D eigenvalue weighted by molar-refractivity contribution is -0.170. The maximum absolute atomic E-state index is 14.2. The highest BCUT2D eigenvalue weighted by Gasteiger charge is 2.32. The van der Waals surface area contributed by atoms with Gasteiger partial charge >= 0.3 is 13.4 Å². The predicted octanol–water partition coefficient (Wildman–Crippen LogP) is 4.66. The monoisotopic (exact) mass is 589 g/mol. The third-order valence-electron chi connectivity index (χ3n) is 5.71. The average Bonchev–Trinajstić information content (AvgIpc) is 3.39. The Kier molecular flexibility index (Phi) is 6.63. The van der Waals surface area contributed by atoms with E-state index in [1.807, 2.05) is 19.9 Å². The quantitative estimate of drug-likeness (QED) is 0.289. The molecule has 0 atom stereocenters. The number of allylic oxidation sites excluding steroid dienone is 2. The number of carbonyl (C=O) groups is 3. The van der Waals surface area contributed by atoms with Crippen LogP contribution in [-0.2, 0) is 14.4 Å². The van der Waals surface area contributed by atoms with E-state index < -0.39 is 25.2 Å². The van der Waals surface area contributed by atoms with Gasteiger partial charge < -0.3 is 9.32 Å². The Morgan fingerprint density at radius 3 is 2.09 bits per heavy atom. The lowest BCUT2D eigenvalue weighted by atomic mass is 9.94. The van der Waals surface area contributed by atoms with Crippen LogP contribution in [0.3, 0.4) is 0 Å². The molecule has 4 rings (SSSR count). The van der Waals surface area contributed by atoms with Crippen molar-refractivity contribution in [1.82, 2.24) is 9.54 Å². The number of hydrogen-bond donors (Lipinski definition) is 0. The molecule has 0 bridgehead atoms. The SMILES string of the molecule is CC1=CC(C)=N/C1=C(/c1ccc(C(=O)ON2C(=O)C=CC2=O)cc1)c1c(C)c(I)c(C)n1B(F)F. The van der Waals surface area contributed by atoms with Gasteiger partial charge in [-0.1, -0.05) is 17.2 Å². The molecule has 0 radical (unpaired) electrons. The van der Waals surface area contributed by atoms with E-state index in [0.29, 0.717) is 38.8 Å². The Morgan fingerprint density at radius 1 is 1.00 bits per heavy atom. The zero-order chi connectivity index (χ0) is 25.6. The van der Waals surface area contributed by atoms with Gasteiger partial charge in [0.2, 0.25) is 0 Å². The molecule has 2 aliphatic heterocycles. The molecule has 1 aromatic heterocycles. The molecule has 0 spiro atoms. The first-order valence-corrected chi connectivity index (χ1v) is 11.6. The molecular formula is C24H19BF2IN3O4. The van der Waals surface area contributed by atoms with Crippen LogP contribution < -0.4 is 0 Å². The number of benzene rings is 1. The van der Waals surface area contributed by atoms with Crippen molar-refractivity contribution in [3.63, 3.8) is 0 Å². The highest BCUT2D eigenvalue weighted by atomic mass is 127. The fraction of sp³-hybridized carbons (Fsp3) is 0.167. The standard InChI is InChI=1S/C24H19BF2IN3O4/c1-12-11-13(2)29-22(12)20(23-14(3)21(28)15(4)30(23)25(26)27)16-5-7-17(8-6-16)24(34)35-31-18(32)9-10-19(31)33/h5-11H,1-4H3/b22-20-. The first kappa shape index (κ1) is 24.8. The molecule has 0 saturated heterocycles. The minimum atomic E-state index is -2.77. The van der Waals surface area contributed by atoms with Crippen LogP contribution in [0.15, 0.2) is 58.8 Å². The number of imide groups is 1. The van der Waals surface area contributed by atoms with E-state index in [1.165, 1.54) is 12.1 Å². The second kappa shape index (κ2) is 9.36. The van der Waals surface area contributed by atoms with Crippen molar-refractivity contribution in [2.45, 2.75) is 27.7 Å². The Hall–Kier alpha value is -3.35. The molecule has 178 valence electrons. The lowest BCUT2D eigenvalue weighted by Crippen LogP contribution is -2.32. The third kappa shape index (κ3) is 4.40. The van der Waals surface area contributed by atoms with Gasteiger partial charge in [-0.25, -0.2) is 4.79 Å². The van der Waals surface area contributed by atoms with Gasteiger partial charge in [0.05, 0.1) is 11.3 Å². The van der Waals surface area contributed by atoms with Crippen LogP contribution in [0.1, 0.15) is 46.7 Å². The first-order valence-electron chi connectivity index (χ1n) is 10.5. The number of hydroxylamine groups is 2. The van der Waals surface area contributed by atoms with Crippen molar-refractivity contribution >= 4 is 59.1 Å². The van der Waals surface area contributed by atoms with Gasteiger partial charge in [-0.3, -0.25) is 23.2 Å². The van der Waals surface area contributed by atoms with E-state index in [9.17, 15) is 23.0 Å². The van der Waals surface area contributed by atoms with E-state index in [4.69, 9.17) is 4.84 Å². The summed E-state index contributed by atoms with van der Waals surface area (Å²) in [6.07, 6.45) is 3.88. The van der Waals surface area contributed by atoms with Crippen molar-refractivity contribution < 1.29 is 27.9 Å². The number of nitrogens with zero attached hydrogens (tertiary/aromatic N) is 3. The van der Waals surface area contributed by atoms with E-state index in [0.717, 1.165) is 31.5 Å². The number of halogens is 3. The summed E-state index contributed by atoms with van der Waals surface area (Å²) in [6.45, 7) is 7.13. The normalized spacial score (nSPS) is 16.6. The van der Waals surface area contributed by atoms with Crippen molar-refractivity contribution in [2.24, 2.45) is 4.99 Å². The molecule has 35 heavy (non-hydrogen) atoms. The van der Waals surface area contributed by atoms with Crippen LogP contribution >= 0.6 is 22.6 Å². The molecule has 0 aliphatic carbocycles. The fourth-order valence-electron chi connectivity index (χ4n) is 4.08. The van der Waals surface area contributed by atoms with Gasteiger partial charge in [0, 0.05) is 38.4 Å². The van der Waals surface area contributed by atoms with Crippen molar-refractivity contribution in [3.05, 3.63) is 85.4 Å². The zero-order valence-corrected chi connectivity index (χ0v) is 21.4. The lowest BCUT2D eigenvalue weighted by Gasteiger charge is -2.17. The number of aliphatic imine (C=N–C) groups is 1. The van der Waals surface area contributed by atoms with E-state index >= 15 is 0 Å². The minimum absolute atomic E-state index is 0.0793. The number of aromatic nitrogens is 1. The largest absolute Gasteiger partial charge is 0.677 e. The van der Waals surface area contributed by atoms with Crippen LogP contribution in [0.25, 0.3) is 5.57 Å². The van der Waals surface area contributed by atoms with Gasteiger partial charge in [0.1, 0.15) is 0 Å². The number of rotatable bonds is 5. The van der Waals surface area contributed by atoms with Crippen LogP contribution in [-0.4, -0.2) is 40.4 Å². The second-order valence-electron chi connectivity index (χ2n) is 8.09. The topological polar surface area (TPSA) is 81.0 Å².